The van der Waals surface area contributed by atoms with Crippen molar-refractivity contribution in [1.82, 2.24) is 0 Å². The first-order valence-corrected chi connectivity index (χ1v) is 25.3. The minimum Gasteiger partial charge on any atom is -0.452 e. The summed E-state index contributed by atoms with van der Waals surface area (Å²) in [7, 11) is -2.51. The molecule has 4 aliphatic carbocycles. The zero-order chi connectivity index (χ0) is 42.5. The van der Waals surface area contributed by atoms with Crippen LogP contribution in [0.15, 0.2) is 72.3 Å². The average Bonchev–Trinajstić information content (AvgIpc) is 3.96. The van der Waals surface area contributed by atoms with E-state index in [2.05, 4.69) is 66.8 Å². The van der Waals surface area contributed by atoms with Gasteiger partial charge in [0.15, 0.2) is 26.8 Å². The third-order valence-corrected chi connectivity index (χ3v) is 20.9. The van der Waals surface area contributed by atoms with Crippen molar-refractivity contribution in [2.75, 3.05) is 13.2 Å². The van der Waals surface area contributed by atoms with Gasteiger partial charge < -0.3 is 32.9 Å². The molecule has 3 saturated carbocycles. The summed E-state index contributed by atoms with van der Waals surface area (Å²) in [5.74, 6) is -1.48. The number of ether oxygens (including phenoxy) is 6. The van der Waals surface area contributed by atoms with E-state index < -0.39 is 67.3 Å². The Labute approximate surface area is 356 Å². The largest absolute Gasteiger partial charge is 0.452 e. The highest BCUT2D eigenvalue weighted by molar-refractivity contribution is 6.74. The van der Waals surface area contributed by atoms with Crippen molar-refractivity contribution in [3.63, 3.8) is 0 Å². The quantitative estimate of drug-likeness (QED) is 0.0565. The van der Waals surface area contributed by atoms with Gasteiger partial charge >= 0.3 is 11.9 Å². The Balaban J connectivity index is 1.14. The van der Waals surface area contributed by atoms with E-state index in [1.807, 2.05) is 60.7 Å². The van der Waals surface area contributed by atoms with Gasteiger partial charge in [0.2, 0.25) is 0 Å². The van der Waals surface area contributed by atoms with E-state index in [1.165, 1.54) is 6.29 Å². The van der Waals surface area contributed by atoms with Gasteiger partial charge in [-0.05, 0) is 84.5 Å². The second kappa shape index (κ2) is 15.0. The number of aldehydes is 1. The molecule has 0 radical (unpaired) electrons. The van der Waals surface area contributed by atoms with Gasteiger partial charge in [0.1, 0.15) is 30.0 Å². The number of unbranched alkanes of at least 4 members (excludes halogenated alkanes) is 1. The monoisotopic (exact) mass is 837 g/mol. The molecular formula is C49H63NO9Si. The number of rotatable bonds is 15. The molecule has 10 nitrogen and oxygen atoms in total. The van der Waals surface area contributed by atoms with Crippen LogP contribution >= 0.6 is 0 Å². The standard InChI is InChI=1S/C49H63NO9Si/c1-30(2)37-25-34-26-46(28-51)36-22-21-31(3)35(36)27-47(34,48(37,46)44(52)56-38(32-17-11-9-12-18-32)33-19-13-10-14-20-33)29-54-49-42(59-60(7,8)45(4,5)6)40-39(53-24-16-15-23-50)41(57-49)43(55-40)58-49/h9-14,17-20,25,28,30-31,34-36,38-43H,15-16,21-22,24,26-27,29H2,1-8H3. The number of benzene rings is 2. The lowest BCUT2D eigenvalue weighted by Crippen LogP contribution is -2.68. The molecule has 4 saturated heterocycles. The summed E-state index contributed by atoms with van der Waals surface area (Å²) >= 11 is 0. The maximum absolute atomic E-state index is 16.2. The van der Waals surface area contributed by atoms with Gasteiger partial charge in [-0.2, -0.15) is 5.26 Å². The highest BCUT2D eigenvalue weighted by Crippen LogP contribution is 2.83. The van der Waals surface area contributed by atoms with Crippen molar-refractivity contribution >= 4 is 20.6 Å². The first-order chi connectivity index (χ1) is 28.6. The fourth-order valence-corrected chi connectivity index (χ4v) is 14.1. The number of esters is 1. The Morgan fingerprint density at radius 1 is 1.00 bits per heavy atom. The highest BCUT2D eigenvalue weighted by Gasteiger charge is 2.85. The third-order valence-electron chi connectivity index (χ3n) is 16.5. The second-order valence-corrected chi connectivity index (χ2v) is 25.5. The Kier molecular flexibility index (Phi) is 10.5. The average molecular weight is 838 g/mol. The summed E-state index contributed by atoms with van der Waals surface area (Å²) in [6.45, 7) is 18.0. The lowest BCUT2D eigenvalue weighted by Gasteiger charge is -2.59. The molecule has 2 aromatic rings. The van der Waals surface area contributed by atoms with E-state index in [0.717, 1.165) is 29.5 Å². The molecule has 4 aliphatic heterocycles. The van der Waals surface area contributed by atoms with Gasteiger partial charge in [-0.15, -0.1) is 0 Å². The fourth-order valence-electron chi connectivity index (χ4n) is 12.8. The van der Waals surface area contributed by atoms with E-state index in [-0.39, 0.29) is 41.3 Å². The molecule has 2 aromatic carbocycles. The predicted molar refractivity (Wildman–Crippen MR) is 225 cm³/mol. The van der Waals surface area contributed by atoms with Crippen LogP contribution in [0.2, 0.25) is 18.1 Å². The number of allylic oxidation sites excluding steroid dienone is 1. The summed E-state index contributed by atoms with van der Waals surface area (Å²) in [4.78, 5) is 30.5. The van der Waals surface area contributed by atoms with Crippen molar-refractivity contribution in [1.29, 1.82) is 5.26 Å². The zero-order valence-corrected chi connectivity index (χ0v) is 37.6. The van der Waals surface area contributed by atoms with Crippen LogP contribution in [0.25, 0.3) is 0 Å². The van der Waals surface area contributed by atoms with Crippen LogP contribution in [-0.2, 0) is 42.4 Å². The maximum atomic E-state index is 16.2. The number of nitrogens with zero attached hydrogens (tertiary/aromatic N) is 1. The molecule has 0 amide bonds. The summed E-state index contributed by atoms with van der Waals surface area (Å²) in [6, 6.07) is 22.0. The maximum Gasteiger partial charge on any atom is 0.318 e. The van der Waals surface area contributed by atoms with E-state index >= 15 is 4.79 Å². The minimum absolute atomic E-state index is 0.0327. The molecule has 4 heterocycles. The minimum atomic E-state index is -2.51. The number of carbonyl (C=O) groups excluding carboxylic acids is 2. The molecule has 13 atom stereocenters. The number of nitriles is 1. The topological polar surface area (TPSA) is 123 Å². The van der Waals surface area contributed by atoms with Crippen molar-refractivity contribution < 1.29 is 42.4 Å². The molecule has 0 aromatic heterocycles. The molecule has 13 unspecified atom stereocenters. The van der Waals surface area contributed by atoms with Gasteiger partial charge in [0, 0.05) is 18.4 Å². The van der Waals surface area contributed by atoms with Crippen LogP contribution in [0.3, 0.4) is 0 Å². The molecule has 11 heteroatoms. The summed E-state index contributed by atoms with van der Waals surface area (Å²) in [6.07, 6.45) is 3.89. The second-order valence-electron chi connectivity index (χ2n) is 20.7. The summed E-state index contributed by atoms with van der Waals surface area (Å²) < 4.78 is 48.1. The lowest BCUT2D eigenvalue weighted by atomic mass is 9.43. The van der Waals surface area contributed by atoms with Crippen molar-refractivity contribution in [2.24, 2.45) is 45.8 Å². The van der Waals surface area contributed by atoms with E-state index in [1.54, 1.807) is 0 Å². The van der Waals surface area contributed by atoms with E-state index in [9.17, 15) is 10.1 Å². The molecule has 8 aliphatic rings. The lowest BCUT2D eigenvalue weighted by molar-refractivity contribution is -0.445. The van der Waals surface area contributed by atoms with Gasteiger partial charge in [0.25, 0.3) is 0 Å². The van der Waals surface area contributed by atoms with Gasteiger partial charge in [-0.25, -0.2) is 0 Å². The molecule has 10 rings (SSSR count). The number of fused-ring (bicyclic) bond motifs is 2. The molecule has 322 valence electrons. The molecule has 0 N–H and O–H groups in total. The fraction of sp³-hybridized carbons (Fsp3) is 0.653. The van der Waals surface area contributed by atoms with Gasteiger partial charge in [-0.1, -0.05) is 120 Å². The van der Waals surface area contributed by atoms with Crippen LogP contribution in [0.1, 0.15) is 97.3 Å². The van der Waals surface area contributed by atoms with Gasteiger partial charge in [0.05, 0.1) is 18.1 Å². The van der Waals surface area contributed by atoms with Crippen LogP contribution in [0, 0.1) is 57.2 Å². The first kappa shape index (κ1) is 42.1. The smallest absolute Gasteiger partial charge is 0.318 e. The van der Waals surface area contributed by atoms with Crippen LogP contribution < -0.4 is 0 Å². The third kappa shape index (κ3) is 5.91. The van der Waals surface area contributed by atoms with Crippen molar-refractivity contribution in [3.8, 4) is 6.07 Å². The number of carbonyl (C=O) groups is 2. The summed E-state index contributed by atoms with van der Waals surface area (Å²) in [5, 5.41) is 9.03. The Morgan fingerprint density at radius 3 is 2.30 bits per heavy atom. The molecule has 0 spiro atoms. The van der Waals surface area contributed by atoms with Crippen molar-refractivity contribution in [2.45, 2.75) is 141 Å². The van der Waals surface area contributed by atoms with Crippen LogP contribution in [-0.4, -0.2) is 70.5 Å². The number of hydrogen-bond acceptors (Lipinski definition) is 10. The Morgan fingerprint density at radius 2 is 1.68 bits per heavy atom. The van der Waals surface area contributed by atoms with E-state index in [4.69, 9.17) is 32.8 Å². The van der Waals surface area contributed by atoms with E-state index in [0.29, 0.717) is 38.2 Å². The molecule has 60 heavy (non-hydrogen) atoms. The van der Waals surface area contributed by atoms with Gasteiger partial charge in [-0.3, -0.25) is 9.53 Å². The predicted octanol–water partition coefficient (Wildman–Crippen LogP) is 9.06. The normalized spacial score (nSPS) is 39.6. The Bertz CT molecular complexity index is 1990. The molecule has 8 bridgehead atoms. The first-order valence-electron chi connectivity index (χ1n) is 22.4. The highest BCUT2D eigenvalue weighted by atomic mass is 28.4. The van der Waals surface area contributed by atoms with Crippen molar-refractivity contribution in [3.05, 3.63) is 83.4 Å². The summed E-state index contributed by atoms with van der Waals surface area (Å²) in [5.41, 5.74) is -0.387. The zero-order valence-electron chi connectivity index (χ0n) is 36.6. The van der Waals surface area contributed by atoms with Crippen LogP contribution in [0.5, 0.6) is 0 Å². The SMILES string of the molecule is CC(C)C1=CC2CC3(C=O)C4CCC(C)C4CC2(COC24OC5OC(C(OCCCC#N)C5O2)C4O[Si](C)(C)C(C)(C)C)C13C(=O)OC(c1ccccc1)c1ccccc1. The molecular weight excluding hydrogens is 775 g/mol. The Hall–Kier alpha value is -3.21. The number of hydrogen-bond donors (Lipinski definition) is 0. The van der Waals surface area contributed by atoms with Crippen LogP contribution in [0.4, 0.5) is 0 Å². The molecule has 7 fully saturated rings.